The molecule has 0 bridgehead atoms. The van der Waals surface area contributed by atoms with Crippen LogP contribution < -0.4 is 20.9 Å². The average molecular weight is 730 g/mol. The first kappa shape index (κ1) is 36.7. The standard InChI is InChI=1S/C41H46F3N5O4/c1-47-23-33(32-21-28(42)3-5-31(32)41(47)52)27-19-35(43)34(38(20-27)53-2)24-49-15-10-25(11-16-49)9-14-48-17-12-26(13-18-48)30-6-4-29(22-36(30)44)45-37-7-8-39(50)46-40(37)51/h3-6,19-23,25-26,37,45H,7-18,24H2,1-2H3,(H,46,50,51). The minimum atomic E-state index is -0.547. The summed E-state index contributed by atoms with van der Waals surface area (Å²) in [5.41, 5.74) is 2.55. The number of imide groups is 1. The van der Waals surface area contributed by atoms with Crippen LogP contribution in [-0.4, -0.2) is 72.1 Å². The van der Waals surface area contributed by atoms with Crippen molar-refractivity contribution in [3.8, 4) is 16.9 Å². The number of carbonyl (C=O) groups is 2. The van der Waals surface area contributed by atoms with Crippen molar-refractivity contribution in [1.29, 1.82) is 0 Å². The van der Waals surface area contributed by atoms with E-state index in [1.807, 2.05) is 12.1 Å². The molecule has 3 aliphatic rings. The van der Waals surface area contributed by atoms with E-state index in [0.717, 1.165) is 64.8 Å². The van der Waals surface area contributed by atoms with Gasteiger partial charge in [0.2, 0.25) is 11.8 Å². The van der Waals surface area contributed by atoms with Gasteiger partial charge in [0.15, 0.2) is 0 Å². The van der Waals surface area contributed by atoms with Crippen LogP contribution >= 0.6 is 0 Å². The first-order chi connectivity index (χ1) is 25.6. The van der Waals surface area contributed by atoms with E-state index in [4.69, 9.17) is 4.74 Å². The molecule has 53 heavy (non-hydrogen) atoms. The summed E-state index contributed by atoms with van der Waals surface area (Å²) >= 11 is 0. The van der Waals surface area contributed by atoms with Gasteiger partial charge < -0.3 is 19.5 Å². The number of anilines is 1. The number of nitrogens with zero attached hydrogens (tertiary/aromatic N) is 3. The van der Waals surface area contributed by atoms with Crippen LogP contribution in [0, 0.1) is 23.4 Å². The van der Waals surface area contributed by atoms with Crippen molar-refractivity contribution in [3.63, 3.8) is 0 Å². The molecule has 9 nitrogen and oxygen atoms in total. The molecule has 4 aromatic rings. The highest BCUT2D eigenvalue weighted by molar-refractivity contribution is 6.01. The Morgan fingerprint density at radius 1 is 0.849 bits per heavy atom. The lowest BCUT2D eigenvalue weighted by Crippen LogP contribution is -2.47. The summed E-state index contributed by atoms with van der Waals surface area (Å²) < 4.78 is 52.3. The third-order valence-electron chi connectivity index (χ3n) is 11.4. The third-order valence-corrected chi connectivity index (χ3v) is 11.4. The number of hydrogen-bond acceptors (Lipinski definition) is 7. The van der Waals surface area contributed by atoms with E-state index < -0.39 is 17.7 Å². The third kappa shape index (κ3) is 8.13. The van der Waals surface area contributed by atoms with Gasteiger partial charge in [0, 0.05) is 48.4 Å². The summed E-state index contributed by atoms with van der Waals surface area (Å²) in [7, 11) is 3.14. The highest BCUT2D eigenvalue weighted by Gasteiger charge is 2.28. The lowest BCUT2D eigenvalue weighted by atomic mass is 9.88. The van der Waals surface area contributed by atoms with Crippen molar-refractivity contribution >= 4 is 28.3 Å². The van der Waals surface area contributed by atoms with Gasteiger partial charge >= 0.3 is 0 Å². The Kier molecular flexibility index (Phi) is 10.9. The number of ether oxygens (including phenoxy) is 1. The van der Waals surface area contributed by atoms with E-state index in [2.05, 4.69) is 20.4 Å². The zero-order chi connectivity index (χ0) is 37.2. The molecule has 12 heteroatoms. The maximum absolute atomic E-state index is 15.8. The summed E-state index contributed by atoms with van der Waals surface area (Å²) in [5, 5.41) is 6.17. The molecular formula is C41H46F3N5O4. The van der Waals surface area contributed by atoms with Gasteiger partial charge in [-0.3, -0.25) is 24.6 Å². The Labute approximate surface area is 307 Å². The minimum absolute atomic E-state index is 0.148. The second-order valence-corrected chi connectivity index (χ2v) is 14.8. The number of carbonyl (C=O) groups excluding carboxylic acids is 2. The Morgan fingerprint density at radius 2 is 1.60 bits per heavy atom. The number of nitrogens with one attached hydrogen (secondary N) is 2. The molecule has 0 aliphatic carbocycles. The predicted octanol–water partition coefficient (Wildman–Crippen LogP) is 6.33. The van der Waals surface area contributed by atoms with Gasteiger partial charge in [0.05, 0.1) is 7.11 Å². The summed E-state index contributed by atoms with van der Waals surface area (Å²) in [6.45, 7) is 4.96. The number of piperidine rings is 3. The van der Waals surface area contributed by atoms with E-state index in [1.54, 1.807) is 19.3 Å². The molecule has 1 unspecified atom stereocenters. The van der Waals surface area contributed by atoms with Gasteiger partial charge in [0.1, 0.15) is 29.2 Å². The summed E-state index contributed by atoms with van der Waals surface area (Å²) in [6, 6.07) is 11.8. The topological polar surface area (TPSA) is 95.9 Å². The Hall–Kier alpha value is -4.68. The highest BCUT2D eigenvalue weighted by atomic mass is 19.1. The first-order valence-electron chi connectivity index (χ1n) is 18.6. The Morgan fingerprint density at radius 3 is 2.32 bits per heavy atom. The fourth-order valence-electron chi connectivity index (χ4n) is 8.24. The number of hydrogen-bond donors (Lipinski definition) is 2. The number of aromatic nitrogens is 1. The van der Waals surface area contributed by atoms with Gasteiger partial charge in [-0.25, -0.2) is 13.2 Å². The quantitative estimate of drug-likeness (QED) is 0.184. The van der Waals surface area contributed by atoms with E-state index in [9.17, 15) is 18.8 Å². The van der Waals surface area contributed by atoms with Crippen molar-refractivity contribution in [2.75, 3.05) is 45.2 Å². The first-order valence-corrected chi connectivity index (χ1v) is 18.6. The molecule has 3 aliphatic heterocycles. The molecule has 3 saturated heterocycles. The Balaban J connectivity index is 0.890. The number of pyridine rings is 1. The zero-order valence-electron chi connectivity index (χ0n) is 30.2. The molecule has 2 amide bonds. The van der Waals surface area contributed by atoms with Crippen molar-refractivity contribution < 1.29 is 27.5 Å². The van der Waals surface area contributed by atoms with Gasteiger partial charge in [-0.15, -0.1) is 0 Å². The zero-order valence-corrected chi connectivity index (χ0v) is 30.2. The van der Waals surface area contributed by atoms with E-state index in [0.29, 0.717) is 63.3 Å². The fraction of sp³-hybridized carbons (Fsp3) is 0.439. The summed E-state index contributed by atoms with van der Waals surface area (Å²) in [4.78, 5) is 40.9. The number of benzene rings is 3. The SMILES string of the molecule is COc1cc(-c2cn(C)c(=O)c3ccc(F)cc23)cc(F)c1CN1CCC(CCN2CCC(c3ccc(NC4CCC(=O)NC4=O)cc3F)CC2)CC1. The van der Waals surface area contributed by atoms with Crippen molar-refractivity contribution in [3.05, 3.63) is 93.7 Å². The van der Waals surface area contributed by atoms with Crippen molar-refractivity contribution in [1.82, 2.24) is 19.7 Å². The highest BCUT2D eigenvalue weighted by Crippen LogP contribution is 2.36. The molecule has 4 heterocycles. The molecule has 7 rings (SSSR count). The monoisotopic (exact) mass is 729 g/mol. The second-order valence-electron chi connectivity index (χ2n) is 14.8. The van der Waals surface area contributed by atoms with Crippen molar-refractivity contribution in [2.45, 2.75) is 63.5 Å². The van der Waals surface area contributed by atoms with Crippen LogP contribution in [0.3, 0.4) is 0 Å². The van der Waals surface area contributed by atoms with E-state index >= 15 is 8.78 Å². The van der Waals surface area contributed by atoms with Crippen LogP contribution in [0.4, 0.5) is 18.9 Å². The molecule has 3 aromatic carbocycles. The maximum Gasteiger partial charge on any atom is 0.258 e. The second kappa shape index (κ2) is 15.7. The molecule has 1 atom stereocenters. The Bertz CT molecular complexity index is 2070. The predicted molar refractivity (Wildman–Crippen MR) is 198 cm³/mol. The van der Waals surface area contributed by atoms with Gasteiger partial charge in [-0.1, -0.05) is 6.07 Å². The van der Waals surface area contributed by atoms with Crippen LogP contribution in [0.25, 0.3) is 21.9 Å². The fourth-order valence-corrected chi connectivity index (χ4v) is 8.24. The smallest absolute Gasteiger partial charge is 0.258 e. The number of fused-ring (bicyclic) bond motifs is 1. The van der Waals surface area contributed by atoms with Gasteiger partial charge in [0.25, 0.3) is 5.56 Å². The molecule has 1 aromatic heterocycles. The van der Waals surface area contributed by atoms with E-state index in [-0.39, 0.29) is 35.5 Å². The van der Waals surface area contributed by atoms with Crippen LogP contribution in [-0.2, 0) is 23.2 Å². The van der Waals surface area contributed by atoms with Crippen LogP contribution in [0.15, 0.2) is 59.5 Å². The van der Waals surface area contributed by atoms with Gasteiger partial charge in [-0.2, -0.15) is 0 Å². The lowest BCUT2D eigenvalue weighted by molar-refractivity contribution is -0.133. The van der Waals surface area contributed by atoms with E-state index in [1.165, 1.54) is 42.0 Å². The normalized spacial score (nSPS) is 19.5. The summed E-state index contributed by atoms with van der Waals surface area (Å²) in [5.74, 6) is -0.646. The minimum Gasteiger partial charge on any atom is -0.496 e. The van der Waals surface area contributed by atoms with Crippen molar-refractivity contribution in [2.24, 2.45) is 13.0 Å². The molecule has 2 N–H and O–H groups in total. The number of amides is 2. The maximum atomic E-state index is 15.8. The van der Waals surface area contributed by atoms with Crippen LogP contribution in [0.1, 0.15) is 62.0 Å². The molecular weight excluding hydrogens is 683 g/mol. The number of likely N-dealkylation sites (tertiary alicyclic amines) is 2. The summed E-state index contributed by atoms with van der Waals surface area (Å²) in [6.07, 6.45) is 7.18. The largest absolute Gasteiger partial charge is 0.496 e. The number of halogens is 3. The lowest BCUT2D eigenvalue weighted by Gasteiger charge is -2.35. The number of aryl methyl sites for hydroxylation is 1. The molecule has 0 radical (unpaired) electrons. The number of methoxy groups -OCH3 is 1. The molecule has 0 spiro atoms. The molecule has 280 valence electrons. The molecule has 3 fully saturated rings. The van der Waals surface area contributed by atoms with Crippen LogP contribution in [0.5, 0.6) is 5.75 Å². The molecule has 0 saturated carbocycles. The average Bonchev–Trinajstić information content (AvgIpc) is 3.15. The van der Waals surface area contributed by atoms with Crippen LogP contribution in [0.2, 0.25) is 0 Å². The van der Waals surface area contributed by atoms with Gasteiger partial charge in [-0.05, 0) is 142 Å². The number of rotatable bonds is 10.